The van der Waals surface area contributed by atoms with E-state index in [0.29, 0.717) is 12.1 Å². The van der Waals surface area contributed by atoms with Gasteiger partial charge in [-0.05, 0) is 62.3 Å². The Morgan fingerprint density at radius 3 is 2.78 bits per heavy atom. The molecule has 2 aromatic rings. The normalized spacial score (nSPS) is 14.4. The minimum atomic E-state index is -0.284. The van der Waals surface area contributed by atoms with Crippen molar-refractivity contribution < 1.29 is 9.59 Å². The first-order valence-corrected chi connectivity index (χ1v) is 10.1. The van der Waals surface area contributed by atoms with Crippen molar-refractivity contribution in [2.24, 2.45) is 0 Å². The Kier molecular flexibility index (Phi) is 6.60. The summed E-state index contributed by atoms with van der Waals surface area (Å²) in [6, 6.07) is 11.2. The van der Waals surface area contributed by atoms with Crippen molar-refractivity contribution in [2.45, 2.75) is 32.6 Å². The molecule has 3 rings (SSSR count). The van der Waals surface area contributed by atoms with Crippen LogP contribution in [0.15, 0.2) is 59.1 Å². The molecule has 0 saturated carbocycles. The molecule has 0 saturated heterocycles. The lowest BCUT2D eigenvalue weighted by Crippen LogP contribution is -2.35. The summed E-state index contributed by atoms with van der Waals surface area (Å²) in [5.74, 6) is -0.551. The van der Waals surface area contributed by atoms with Crippen molar-refractivity contribution in [3.05, 3.63) is 75.1 Å². The molecule has 1 aliphatic rings. The van der Waals surface area contributed by atoms with Crippen LogP contribution in [0.25, 0.3) is 6.08 Å². The Morgan fingerprint density at radius 1 is 1.19 bits per heavy atom. The number of hydrogen-bond acceptors (Lipinski definition) is 3. The second-order valence-corrected chi connectivity index (χ2v) is 7.67. The van der Waals surface area contributed by atoms with E-state index < -0.39 is 0 Å². The number of carbonyl (C=O) groups is 2. The van der Waals surface area contributed by atoms with Crippen LogP contribution < -0.4 is 10.6 Å². The molecule has 0 radical (unpaired) electrons. The van der Waals surface area contributed by atoms with Crippen molar-refractivity contribution in [1.29, 1.82) is 0 Å². The number of hydrogen-bond donors (Lipinski definition) is 2. The van der Waals surface area contributed by atoms with Crippen LogP contribution in [0, 0.1) is 6.92 Å². The number of aryl methyl sites for hydroxylation is 1. The van der Waals surface area contributed by atoms with E-state index in [1.54, 1.807) is 12.1 Å². The van der Waals surface area contributed by atoms with Gasteiger partial charge >= 0.3 is 0 Å². The average Bonchev–Trinajstić information content (AvgIpc) is 3.19. The van der Waals surface area contributed by atoms with Gasteiger partial charge in [-0.3, -0.25) is 9.59 Å². The molecule has 1 aliphatic carbocycles. The van der Waals surface area contributed by atoms with E-state index in [1.807, 2.05) is 42.6 Å². The first-order chi connectivity index (χ1) is 13.1. The number of amides is 2. The van der Waals surface area contributed by atoms with Crippen LogP contribution in [-0.2, 0) is 4.79 Å². The van der Waals surface area contributed by atoms with Gasteiger partial charge in [0, 0.05) is 17.0 Å². The summed E-state index contributed by atoms with van der Waals surface area (Å²) in [5, 5.41) is 7.67. The van der Waals surface area contributed by atoms with Gasteiger partial charge in [0.15, 0.2) is 0 Å². The molecule has 0 bridgehead atoms. The van der Waals surface area contributed by atoms with Gasteiger partial charge in [-0.2, -0.15) is 0 Å². The van der Waals surface area contributed by atoms with Crippen LogP contribution in [0.5, 0.6) is 0 Å². The topological polar surface area (TPSA) is 58.2 Å². The third-order valence-corrected chi connectivity index (χ3v) is 5.28. The van der Waals surface area contributed by atoms with Crippen LogP contribution >= 0.6 is 11.3 Å². The highest BCUT2D eigenvalue weighted by Gasteiger charge is 2.15. The second kappa shape index (κ2) is 9.33. The molecule has 2 N–H and O–H groups in total. The fourth-order valence-corrected chi connectivity index (χ4v) is 3.67. The SMILES string of the molecule is Cc1cccc(C(=O)N/C(=C\c2cccs2)C(=O)NCC2=CCCCC2)c1. The third-order valence-electron chi connectivity index (χ3n) is 4.46. The maximum absolute atomic E-state index is 12.7. The number of carbonyl (C=O) groups excluding carboxylic acids is 2. The maximum Gasteiger partial charge on any atom is 0.268 e. The molecular formula is C22H24N2O2S. The van der Waals surface area contributed by atoms with Gasteiger partial charge in [0.2, 0.25) is 0 Å². The van der Waals surface area contributed by atoms with Crippen molar-refractivity contribution in [2.75, 3.05) is 6.54 Å². The van der Waals surface area contributed by atoms with Gasteiger partial charge in [-0.15, -0.1) is 11.3 Å². The molecule has 0 aliphatic heterocycles. The molecule has 0 spiro atoms. The number of nitrogens with one attached hydrogen (secondary N) is 2. The van der Waals surface area contributed by atoms with E-state index >= 15 is 0 Å². The molecule has 4 nitrogen and oxygen atoms in total. The van der Waals surface area contributed by atoms with Crippen LogP contribution in [0.4, 0.5) is 0 Å². The smallest absolute Gasteiger partial charge is 0.268 e. The van der Waals surface area contributed by atoms with E-state index in [0.717, 1.165) is 23.3 Å². The minimum Gasteiger partial charge on any atom is -0.347 e. The first kappa shape index (κ1) is 19.1. The summed E-state index contributed by atoms with van der Waals surface area (Å²) in [5.41, 5.74) is 3.06. The lowest BCUT2D eigenvalue weighted by Gasteiger charge is -2.15. The van der Waals surface area contributed by atoms with Crippen molar-refractivity contribution >= 4 is 29.2 Å². The van der Waals surface area contributed by atoms with Crippen LogP contribution in [0.3, 0.4) is 0 Å². The fourth-order valence-electron chi connectivity index (χ4n) is 3.01. The minimum absolute atomic E-state index is 0.264. The lowest BCUT2D eigenvalue weighted by molar-refractivity contribution is -0.117. The summed E-state index contributed by atoms with van der Waals surface area (Å²) in [6.07, 6.45) is 8.42. The summed E-state index contributed by atoms with van der Waals surface area (Å²) < 4.78 is 0. The third kappa shape index (κ3) is 5.66. The maximum atomic E-state index is 12.7. The summed E-state index contributed by atoms with van der Waals surface area (Å²) in [6.45, 7) is 2.46. The van der Waals surface area contributed by atoms with Gasteiger partial charge in [0.25, 0.3) is 11.8 Å². The number of thiophene rings is 1. The van der Waals surface area contributed by atoms with Crippen molar-refractivity contribution in [3.8, 4) is 0 Å². The van der Waals surface area contributed by atoms with E-state index in [1.165, 1.54) is 29.8 Å². The molecule has 140 valence electrons. The molecule has 1 heterocycles. The summed E-state index contributed by atoms with van der Waals surface area (Å²) in [4.78, 5) is 26.3. The zero-order valence-corrected chi connectivity index (χ0v) is 16.3. The van der Waals surface area contributed by atoms with Gasteiger partial charge in [0.1, 0.15) is 5.70 Å². The predicted octanol–water partition coefficient (Wildman–Crippen LogP) is 4.44. The standard InChI is InChI=1S/C22H24N2O2S/c1-16-7-5-10-18(13-16)21(25)24-20(14-19-11-6-12-27-19)22(26)23-15-17-8-3-2-4-9-17/h5-8,10-14H,2-4,9,15H2,1H3,(H,23,26)(H,24,25)/b20-14-. The summed E-state index contributed by atoms with van der Waals surface area (Å²) in [7, 11) is 0. The van der Waals surface area contributed by atoms with E-state index in [2.05, 4.69) is 16.7 Å². The first-order valence-electron chi connectivity index (χ1n) is 9.21. The molecule has 0 atom stereocenters. The largest absolute Gasteiger partial charge is 0.347 e. The van der Waals surface area contributed by atoms with Crippen LogP contribution in [-0.4, -0.2) is 18.4 Å². The van der Waals surface area contributed by atoms with E-state index in [9.17, 15) is 9.59 Å². The average molecular weight is 381 g/mol. The van der Waals surface area contributed by atoms with Crippen molar-refractivity contribution in [1.82, 2.24) is 10.6 Å². The van der Waals surface area contributed by atoms with Gasteiger partial charge in [-0.1, -0.05) is 35.4 Å². The monoisotopic (exact) mass is 380 g/mol. The van der Waals surface area contributed by atoms with Crippen LogP contribution in [0.2, 0.25) is 0 Å². The zero-order chi connectivity index (χ0) is 19.1. The van der Waals surface area contributed by atoms with Gasteiger partial charge < -0.3 is 10.6 Å². The highest BCUT2D eigenvalue weighted by atomic mass is 32.1. The van der Waals surface area contributed by atoms with Crippen LogP contribution in [0.1, 0.15) is 46.5 Å². The fraction of sp³-hybridized carbons (Fsp3) is 0.273. The number of benzene rings is 1. The Labute approximate surface area is 164 Å². The molecule has 5 heteroatoms. The number of rotatable bonds is 6. The van der Waals surface area contributed by atoms with Gasteiger partial charge in [0.05, 0.1) is 0 Å². The quantitative estimate of drug-likeness (QED) is 0.575. The van der Waals surface area contributed by atoms with Crippen molar-refractivity contribution in [3.63, 3.8) is 0 Å². The molecular weight excluding hydrogens is 356 g/mol. The molecule has 0 unspecified atom stereocenters. The molecule has 1 aromatic heterocycles. The second-order valence-electron chi connectivity index (χ2n) is 6.69. The Bertz CT molecular complexity index is 866. The van der Waals surface area contributed by atoms with E-state index in [-0.39, 0.29) is 17.5 Å². The molecule has 27 heavy (non-hydrogen) atoms. The predicted molar refractivity (Wildman–Crippen MR) is 111 cm³/mol. The highest BCUT2D eigenvalue weighted by molar-refractivity contribution is 7.10. The van der Waals surface area contributed by atoms with E-state index in [4.69, 9.17) is 0 Å². The molecule has 2 amide bonds. The zero-order valence-electron chi connectivity index (χ0n) is 15.5. The summed E-state index contributed by atoms with van der Waals surface area (Å²) >= 11 is 1.52. The van der Waals surface area contributed by atoms with Gasteiger partial charge in [-0.25, -0.2) is 0 Å². The Hall–Kier alpha value is -2.66. The molecule has 1 aromatic carbocycles. The highest BCUT2D eigenvalue weighted by Crippen LogP contribution is 2.17. The lowest BCUT2D eigenvalue weighted by atomic mass is 10.00. The number of allylic oxidation sites excluding steroid dienone is 1. The Balaban J connectivity index is 1.73. The molecule has 0 fully saturated rings. The Morgan fingerprint density at radius 2 is 2.07 bits per heavy atom.